The van der Waals surface area contributed by atoms with Crippen LogP contribution in [0.25, 0.3) is 0 Å². The minimum absolute atomic E-state index is 0.261. The third-order valence-corrected chi connectivity index (χ3v) is 3.66. The van der Waals surface area contributed by atoms with Gasteiger partial charge in [-0.3, -0.25) is 9.79 Å². The second kappa shape index (κ2) is 27.6. The van der Waals surface area contributed by atoms with Gasteiger partial charge in [-0.1, -0.05) is 72.9 Å². The highest BCUT2D eigenvalue weighted by atomic mass is 32.1. The predicted molar refractivity (Wildman–Crippen MR) is 152 cm³/mol. The van der Waals surface area contributed by atoms with Crippen LogP contribution in [0.5, 0.6) is 5.75 Å². The molecule has 188 valence electrons. The van der Waals surface area contributed by atoms with E-state index in [2.05, 4.69) is 50.4 Å². The summed E-state index contributed by atoms with van der Waals surface area (Å²) in [5.74, 6) is 1.21. The van der Waals surface area contributed by atoms with Crippen LogP contribution in [0.1, 0.15) is 67.2 Å². The molecule has 0 atom stereocenters. The lowest BCUT2D eigenvalue weighted by Crippen LogP contribution is -2.11. The average molecular weight is 478 g/mol. The summed E-state index contributed by atoms with van der Waals surface area (Å²) in [4.78, 5) is 15.7. The maximum Gasteiger partial charge on any atom is 0.207 e. The van der Waals surface area contributed by atoms with E-state index >= 15 is 0 Å². The summed E-state index contributed by atoms with van der Waals surface area (Å²) in [6.07, 6.45) is 5.52. The van der Waals surface area contributed by atoms with Crippen molar-refractivity contribution in [2.45, 2.75) is 67.2 Å². The van der Waals surface area contributed by atoms with Crippen molar-refractivity contribution in [2.75, 3.05) is 24.2 Å². The molecule has 0 saturated heterocycles. The van der Waals surface area contributed by atoms with E-state index in [9.17, 15) is 9.90 Å². The number of benzene rings is 2. The van der Waals surface area contributed by atoms with Gasteiger partial charge >= 0.3 is 0 Å². The molecule has 2 aromatic carbocycles. The molecule has 2 aromatic rings. The zero-order chi connectivity index (χ0) is 25.9. The molecule has 2 N–H and O–H groups in total. The first-order valence-electron chi connectivity index (χ1n) is 11.8. The number of para-hydroxylation sites is 2. The molecule has 6 heteroatoms. The lowest BCUT2D eigenvalue weighted by molar-refractivity contribution is -0.109. The van der Waals surface area contributed by atoms with E-state index in [1.54, 1.807) is 12.1 Å². The van der Waals surface area contributed by atoms with Crippen molar-refractivity contribution < 1.29 is 9.90 Å². The Bertz CT molecular complexity index is 677. The van der Waals surface area contributed by atoms with Crippen LogP contribution < -0.4 is 10.2 Å². The fraction of sp³-hybridized carbons (Fsp3) is 0.481. The van der Waals surface area contributed by atoms with Crippen LogP contribution in [0.15, 0.2) is 53.5 Å². The standard InChI is InChI=1S/C14H14N2O.C6H13NO.C3H8.C2H6S.C2H6/c1-15-13-5-3-4-6-14(13)16(2)11-7-9-12(17)10-8-11;1-2-3-4-5-7-6-8;1-3-2;1-2-3;1-2/h3-10,17H,1H2,2H3;6H,2-5H2,1H3,(H,7,8);3H2,1-2H3;3H,2H2,1H3;1-2H3. The number of carbonyl (C=O) groups is 1. The van der Waals surface area contributed by atoms with E-state index in [-0.39, 0.29) is 5.75 Å². The third kappa shape index (κ3) is 19.9. The second-order valence-electron chi connectivity index (χ2n) is 6.52. The summed E-state index contributed by atoms with van der Waals surface area (Å²) >= 11 is 3.79. The Morgan fingerprint density at radius 1 is 1.03 bits per heavy atom. The Labute approximate surface area is 208 Å². The molecule has 33 heavy (non-hydrogen) atoms. The highest BCUT2D eigenvalue weighted by molar-refractivity contribution is 7.80. The van der Waals surface area contributed by atoms with Gasteiger partial charge in [-0.25, -0.2) is 0 Å². The van der Waals surface area contributed by atoms with Gasteiger partial charge in [-0.2, -0.15) is 12.6 Å². The Morgan fingerprint density at radius 3 is 2.00 bits per heavy atom. The van der Waals surface area contributed by atoms with Gasteiger partial charge in [0.15, 0.2) is 0 Å². The van der Waals surface area contributed by atoms with Gasteiger partial charge in [0.05, 0.1) is 11.4 Å². The van der Waals surface area contributed by atoms with Gasteiger partial charge in [0.1, 0.15) is 5.75 Å². The number of phenols is 1. The van der Waals surface area contributed by atoms with Crippen molar-refractivity contribution in [3.63, 3.8) is 0 Å². The number of hydrogen-bond acceptors (Lipinski definition) is 5. The maximum atomic E-state index is 9.66. The summed E-state index contributed by atoms with van der Waals surface area (Å²) in [7, 11) is 1.95. The van der Waals surface area contributed by atoms with E-state index in [0.29, 0.717) is 0 Å². The minimum Gasteiger partial charge on any atom is -0.508 e. The zero-order valence-electron chi connectivity index (χ0n) is 21.8. The van der Waals surface area contributed by atoms with Gasteiger partial charge in [0.25, 0.3) is 0 Å². The molecule has 0 heterocycles. The molecule has 0 radical (unpaired) electrons. The molecule has 0 fully saturated rings. The first-order chi connectivity index (χ1) is 16.0. The van der Waals surface area contributed by atoms with Crippen LogP contribution >= 0.6 is 12.6 Å². The molecule has 1 amide bonds. The van der Waals surface area contributed by atoms with Crippen molar-refractivity contribution in [1.82, 2.24) is 5.32 Å². The first-order valence-corrected chi connectivity index (χ1v) is 12.5. The summed E-state index contributed by atoms with van der Waals surface area (Å²) < 4.78 is 0. The monoisotopic (exact) mass is 477 g/mol. The van der Waals surface area contributed by atoms with Crippen LogP contribution in [-0.2, 0) is 4.79 Å². The zero-order valence-corrected chi connectivity index (χ0v) is 22.7. The van der Waals surface area contributed by atoms with Gasteiger partial charge in [-0.15, -0.1) is 0 Å². The predicted octanol–water partition coefficient (Wildman–Crippen LogP) is 7.79. The molecule has 2 rings (SSSR count). The lowest BCUT2D eigenvalue weighted by atomic mass is 10.2. The molecule has 0 aliphatic carbocycles. The van der Waals surface area contributed by atoms with Crippen LogP contribution in [-0.4, -0.2) is 37.6 Å². The minimum atomic E-state index is 0.261. The molecule has 0 unspecified atom stereocenters. The number of rotatable bonds is 8. The first kappa shape index (κ1) is 35.1. The van der Waals surface area contributed by atoms with Crippen molar-refractivity contribution in [2.24, 2.45) is 4.99 Å². The van der Waals surface area contributed by atoms with Gasteiger partial charge in [0.2, 0.25) is 6.41 Å². The molecule has 0 aliphatic rings. The van der Waals surface area contributed by atoms with Crippen molar-refractivity contribution in [3.05, 3.63) is 48.5 Å². The number of amides is 1. The Hall–Kier alpha value is -2.47. The number of anilines is 2. The quantitative estimate of drug-likeness (QED) is 0.157. The smallest absolute Gasteiger partial charge is 0.207 e. The van der Waals surface area contributed by atoms with E-state index in [1.807, 2.05) is 69.1 Å². The van der Waals surface area contributed by atoms with E-state index in [0.717, 1.165) is 42.2 Å². The van der Waals surface area contributed by atoms with Crippen molar-refractivity contribution >= 4 is 42.8 Å². The third-order valence-electron chi connectivity index (χ3n) is 3.66. The van der Waals surface area contributed by atoms with Crippen LogP contribution in [0.3, 0.4) is 0 Å². The number of unbranched alkanes of at least 4 members (excludes halogenated alkanes) is 2. The Kier molecular flexibility index (Phi) is 29.3. The number of nitrogens with zero attached hydrogens (tertiary/aromatic N) is 2. The van der Waals surface area contributed by atoms with Crippen LogP contribution in [0.2, 0.25) is 0 Å². The molecule has 0 bridgehead atoms. The fourth-order valence-electron chi connectivity index (χ4n) is 2.23. The number of phenolic OH excluding ortho intramolecular Hbond substituents is 1. The van der Waals surface area contributed by atoms with E-state index in [1.165, 1.54) is 19.3 Å². The number of nitrogens with one attached hydrogen (secondary N) is 1. The molecule has 0 aromatic heterocycles. The number of hydrogen-bond donors (Lipinski definition) is 3. The molecule has 5 nitrogen and oxygen atoms in total. The van der Waals surface area contributed by atoms with Gasteiger partial charge in [0, 0.05) is 19.3 Å². The molecule has 0 spiro atoms. The summed E-state index contributed by atoms with van der Waals surface area (Å²) in [6, 6.07) is 14.8. The lowest BCUT2D eigenvalue weighted by Gasteiger charge is -2.21. The molecule has 0 saturated carbocycles. The summed E-state index contributed by atoms with van der Waals surface area (Å²) in [5.41, 5.74) is 2.80. The molecular weight excluding hydrogens is 430 g/mol. The molecule has 0 aliphatic heterocycles. The maximum absolute atomic E-state index is 9.66. The number of thiol groups is 1. The summed E-state index contributed by atoms with van der Waals surface area (Å²) in [5, 5.41) is 11.9. The van der Waals surface area contributed by atoms with Crippen molar-refractivity contribution in [1.29, 1.82) is 0 Å². The number of aliphatic imine (C=N–C) groups is 1. The van der Waals surface area contributed by atoms with Crippen LogP contribution in [0, 0.1) is 0 Å². The number of aromatic hydroxyl groups is 1. The topological polar surface area (TPSA) is 64.9 Å². The van der Waals surface area contributed by atoms with E-state index in [4.69, 9.17) is 0 Å². The Morgan fingerprint density at radius 2 is 1.55 bits per heavy atom. The highest BCUT2D eigenvalue weighted by Gasteiger charge is 2.07. The van der Waals surface area contributed by atoms with Crippen LogP contribution in [0.4, 0.5) is 17.1 Å². The highest BCUT2D eigenvalue weighted by Crippen LogP contribution is 2.32. The fourth-order valence-corrected chi connectivity index (χ4v) is 2.23. The van der Waals surface area contributed by atoms with Gasteiger partial charge < -0.3 is 15.3 Å². The number of carbonyl (C=O) groups excluding carboxylic acids is 1. The van der Waals surface area contributed by atoms with E-state index < -0.39 is 0 Å². The largest absolute Gasteiger partial charge is 0.508 e. The average Bonchev–Trinajstić information content (AvgIpc) is 2.84. The van der Waals surface area contributed by atoms with Gasteiger partial charge in [-0.05, 0) is 55.3 Å². The second-order valence-corrected chi connectivity index (χ2v) is 7.16. The Balaban J connectivity index is -0.000000471. The van der Waals surface area contributed by atoms with Crippen molar-refractivity contribution in [3.8, 4) is 5.75 Å². The summed E-state index contributed by atoms with van der Waals surface area (Å²) in [6.45, 7) is 16.8. The SMILES string of the molecule is C=Nc1ccccc1N(C)c1ccc(O)cc1.CC.CCC.CCCCCNC=O.CCS. The normalized spacial score (nSPS) is 8.48. The molecular formula is C27H47N3O2S.